The van der Waals surface area contributed by atoms with Gasteiger partial charge in [-0.05, 0) is 43.3 Å². The molecule has 30 heavy (non-hydrogen) atoms. The van der Waals surface area contributed by atoms with E-state index in [1.807, 2.05) is 30.3 Å². The molecule has 4 rings (SSSR count). The van der Waals surface area contributed by atoms with Gasteiger partial charge in [0.2, 0.25) is 5.76 Å². The van der Waals surface area contributed by atoms with Crippen LogP contribution in [-0.4, -0.2) is 49.1 Å². The number of hydrogen-bond donors (Lipinski definition) is 1. The van der Waals surface area contributed by atoms with Crippen molar-refractivity contribution in [1.82, 2.24) is 4.90 Å². The Hall–Kier alpha value is -2.84. The van der Waals surface area contributed by atoms with Crippen LogP contribution in [0.25, 0.3) is 11.0 Å². The minimum absolute atomic E-state index is 0.113. The summed E-state index contributed by atoms with van der Waals surface area (Å²) in [5.74, 6) is 0.0385. The third-order valence-electron chi connectivity index (χ3n) is 4.83. The van der Waals surface area contributed by atoms with Crippen LogP contribution in [0.5, 0.6) is 5.75 Å². The number of benzene rings is 2. The lowest BCUT2D eigenvalue weighted by atomic mass is 10.2. The number of anilines is 1. The summed E-state index contributed by atoms with van der Waals surface area (Å²) >= 11 is 3.37. The van der Waals surface area contributed by atoms with E-state index in [0.29, 0.717) is 48.7 Å². The summed E-state index contributed by atoms with van der Waals surface area (Å²) < 4.78 is 17.8. The van der Waals surface area contributed by atoms with Crippen molar-refractivity contribution in [2.45, 2.75) is 13.0 Å². The molecule has 0 spiro atoms. The number of hydrogen-bond acceptors (Lipinski definition) is 5. The highest BCUT2D eigenvalue weighted by Crippen LogP contribution is 2.32. The minimum atomic E-state index is -0.772. The number of morpholine rings is 1. The molecule has 0 aliphatic carbocycles. The van der Waals surface area contributed by atoms with Gasteiger partial charge in [0.15, 0.2) is 6.10 Å². The fourth-order valence-electron chi connectivity index (χ4n) is 3.23. The Bertz CT molecular complexity index is 1060. The van der Waals surface area contributed by atoms with Gasteiger partial charge in [-0.15, -0.1) is 0 Å². The quantitative estimate of drug-likeness (QED) is 0.604. The van der Waals surface area contributed by atoms with Crippen molar-refractivity contribution in [2.75, 3.05) is 31.6 Å². The lowest BCUT2D eigenvalue weighted by Crippen LogP contribution is -2.41. The summed E-state index contributed by atoms with van der Waals surface area (Å²) in [5, 5.41) is 3.50. The van der Waals surface area contributed by atoms with Crippen LogP contribution in [0.1, 0.15) is 17.5 Å². The van der Waals surface area contributed by atoms with E-state index >= 15 is 0 Å². The van der Waals surface area contributed by atoms with Crippen LogP contribution in [0.15, 0.2) is 57.4 Å². The molecule has 2 heterocycles. The topological polar surface area (TPSA) is 81.0 Å². The van der Waals surface area contributed by atoms with E-state index in [4.69, 9.17) is 13.9 Å². The van der Waals surface area contributed by atoms with E-state index in [1.54, 1.807) is 30.0 Å². The van der Waals surface area contributed by atoms with Gasteiger partial charge < -0.3 is 24.1 Å². The first kappa shape index (κ1) is 20.4. The number of nitrogens with one attached hydrogen (secondary N) is 1. The summed E-state index contributed by atoms with van der Waals surface area (Å²) in [7, 11) is 0. The van der Waals surface area contributed by atoms with E-state index in [2.05, 4.69) is 21.2 Å². The second-order valence-corrected chi connectivity index (χ2v) is 7.83. The molecule has 1 atom stereocenters. The number of nitrogens with zero attached hydrogens (tertiary/aromatic N) is 1. The van der Waals surface area contributed by atoms with Crippen LogP contribution in [0.3, 0.4) is 0 Å². The van der Waals surface area contributed by atoms with Crippen LogP contribution in [0.2, 0.25) is 0 Å². The largest absolute Gasteiger partial charge is 0.481 e. The first-order valence-corrected chi connectivity index (χ1v) is 10.4. The second-order valence-electron chi connectivity index (χ2n) is 6.91. The lowest BCUT2D eigenvalue weighted by Gasteiger charge is -2.26. The molecule has 156 valence electrons. The van der Waals surface area contributed by atoms with Crippen LogP contribution in [-0.2, 0) is 9.53 Å². The first-order valence-electron chi connectivity index (χ1n) is 9.64. The standard InChI is InChI=1S/C22H21BrN2O5/c1-14(29-16-8-6-15(23)7-9-16)21(26)24-19-17-4-2-3-5-18(17)30-20(19)22(27)25-10-12-28-13-11-25/h2-9,14H,10-13H2,1H3,(H,24,26)/t14-/m1/s1. The van der Waals surface area contributed by atoms with E-state index in [-0.39, 0.29) is 17.6 Å². The monoisotopic (exact) mass is 472 g/mol. The molecule has 1 N–H and O–H groups in total. The molecule has 1 aliphatic heterocycles. The molecule has 8 heteroatoms. The molecule has 1 saturated heterocycles. The predicted octanol–water partition coefficient (Wildman–Crippen LogP) is 4.07. The summed E-state index contributed by atoms with van der Waals surface area (Å²) in [6.07, 6.45) is -0.772. The summed E-state index contributed by atoms with van der Waals surface area (Å²) in [6.45, 7) is 3.57. The molecular weight excluding hydrogens is 452 g/mol. The third kappa shape index (κ3) is 4.34. The van der Waals surface area contributed by atoms with Gasteiger partial charge >= 0.3 is 0 Å². The predicted molar refractivity (Wildman–Crippen MR) is 116 cm³/mol. The number of ether oxygens (including phenoxy) is 2. The number of halogens is 1. The minimum Gasteiger partial charge on any atom is -0.481 e. The highest BCUT2D eigenvalue weighted by Gasteiger charge is 2.28. The Morgan fingerprint density at radius 2 is 1.80 bits per heavy atom. The van der Waals surface area contributed by atoms with Crippen molar-refractivity contribution in [3.63, 3.8) is 0 Å². The maximum absolute atomic E-state index is 13.1. The average Bonchev–Trinajstić information content (AvgIpc) is 3.13. The molecule has 1 fully saturated rings. The number of para-hydroxylation sites is 1. The van der Waals surface area contributed by atoms with E-state index in [0.717, 1.165) is 4.47 Å². The Kier molecular flexibility index (Phi) is 6.06. The maximum Gasteiger partial charge on any atom is 0.291 e. The molecule has 3 aromatic rings. The summed E-state index contributed by atoms with van der Waals surface area (Å²) in [5.41, 5.74) is 0.893. The van der Waals surface area contributed by atoms with Crippen LogP contribution in [0.4, 0.5) is 5.69 Å². The van der Waals surface area contributed by atoms with Crippen molar-refractivity contribution in [3.8, 4) is 5.75 Å². The van der Waals surface area contributed by atoms with Gasteiger partial charge in [0.25, 0.3) is 11.8 Å². The van der Waals surface area contributed by atoms with E-state index < -0.39 is 6.10 Å². The number of carbonyl (C=O) groups excluding carboxylic acids is 2. The highest BCUT2D eigenvalue weighted by atomic mass is 79.9. The molecule has 1 aliphatic rings. The molecule has 2 aromatic carbocycles. The maximum atomic E-state index is 13.1. The zero-order chi connectivity index (χ0) is 21.1. The zero-order valence-corrected chi connectivity index (χ0v) is 18.0. The fourth-order valence-corrected chi connectivity index (χ4v) is 3.49. The Labute approximate surface area is 182 Å². The molecular formula is C22H21BrN2O5. The molecule has 0 radical (unpaired) electrons. The van der Waals surface area contributed by atoms with Crippen LogP contribution in [0, 0.1) is 0 Å². The Morgan fingerprint density at radius 1 is 1.10 bits per heavy atom. The normalized spacial score (nSPS) is 15.1. The summed E-state index contributed by atoms with van der Waals surface area (Å²) in [4.78, 5) is 27.6. The van der Waals surface area contributed by atoms with Crippen molar-refractivity contribution >= 4 is 44.4 Å². The van der Waals surface area contributed by atoms with Crippen molar-refractivity contribution < 1.29 is 23.5 Å². The van der Waals surface area contributed by atoms with Crippen molar-refractivity contribution in [2.24, 2.45) is 0 Å². The molecule has 0 bridgehead atoms. The SMILES string of the molecule is C[C@@H](Oc1ccc(Br)cc1)C(=O)Nc1c(C(=O)N2CCOCC2)oc2ccccc12. The number of furan rings is 1. The molecule has 0 unspecified atom stereocenters. The highest BCUT2D eigenvalue weighted by molar-refractivity contribution is 9.10. The van der Waals surface area contributed by atoms with E-state index in [1.165, 1.54) is 0 Å². The number of rotatable bonds is 5. The molecule has 7 nitrogen and oxygen atoms in total. The molecule has 1 aromatic heterocycles. The molecule has 0 saturated carbocycles. The van der Waals surface area contributed by atoms with Gasteiger partial charge in [-0.2, -0.15) is 0 Å². The smallest absolute Gasteiger partial charge is 0.291 e. The fraction of sp³-hybridized carbons (Fsp3) is 0.273. The molecule has 2 amide bonds. The van der Waals surface area contributed by atoms with Gasteiger partial charge in [0.1, 0.15) is 17.0 Å². The van der Waals surface area contributed by atoms with E-state index in [9.17, 15) is 9.59 Å². The van der Waals surface area contributed by atoms with Gasteiger partial charge in [-0.25, -0.2) is 0 Å². The number of carbonyl (C=O) groups is 2. The average molecular weight is 473 g/mol. The van der Waals surface area contributed by atoms with Gasteiger partial charge in [-0.3, -0.25) is 9.59 Å². The van der Waals surface area contributed by atoms with Crippen LogP contribution >= 0.6 is 15.9 Å². The van der Waals surface area contributed by atoms with Gasteiger partial charge in [0, 0.05) is 22.9 Å². The Morgan fingerprint density at radius 3 is 2.53 bits per heavy atom. The van der Waals surface area contributed by atoms with Crippen LogP contribution < -0.4 is 10.1 Å². The zero-order valence-electron chi connectivity index (χ0n) is 16.4. The lowest BCUT2D eigenvalue weighted by molar-refractivity contribution is -0.122. The number of fused-ring (bicyclic) bond motifs is 1. The Balaban J connectivity index is 1.58. The van der Waals surface area contributed by atoms with Gasteiger partial charge in [0.05, 0.1) is 13.2 Å². The third-order valence-corrected chi connectivity index (χ3v) is 5.36. The van der Waals surface area contributed by atoms with Crippen molar-refractivity contribution in [1.29, 1.82) is 0 Å². The number of amides is 2. The second kappa shape index (κ2) is 8.89. The van der Waals surface area contributed by atoms with Crippen molar-refractivity contribution in [3.05, 3.63) is 58.8 Å². The van der Waals surface area contributed by atoms with Gasteiger partial charge in [-0.1, -0.05) is 28.1 Å². The first-order chi connectivity index (χ1) is 14.5. The summed E-state index contributed by atoms with van der Waals surface area (Å²) in [6, 6.07) is 14.4.